The number of ether oxygens (including phenoxy) is 2. The second kappa shape index (κ2) is 12.6. The molecule has 1 heterocycles. The third-order valence-corrected chi connectivity index (χ3v) is 8.22. The van der Waals surface area contributed by atoms with E-state index in [1.165, 1.54) is 0 Å². The van der Waals surface area contributed by atoms with E-state index in [1.54, 1.807) is 11.8 Å². The van der Waals surface area contributed by atoms with Gasteiger partial charge < -0.3 is 24.8 Å². The number of aliphatic carboxylic acids is 1. The van der Waals surface area contributed by atoms with Crippen LogP contribution in [0.5, 0.6) is 0 Å². The fourth-order valence-corrected chi connectivity index (χ4v) is 5.84. The number of nitrogens with one attached hydrogen (secondary N) is 1. The van der Waals surface area contributed by atoms with Gasteiger partial charge in [-0.25, -0.2) is 4.79 Å². The van der Waals surface area contributed by atoms with Crippen molar-refractivity contribution in [3.8, 4) is 11.1 Å². The van der Waals surface area contributed by atoms with Gasteiger partial charge in [0, 0.05) is 18.5 Å². The molecule has 0 bridgehead atoms. The summed E-state index contributed by atoms with van der Waals surface area (Å²) >= 11 is 0. The average Bonchev–Trinajstić information content (AvgIpc) is 3.31. The molecule has 0 radical (unpaired) electrons. The van der Waals surface area contributed by atoms with Gasteiger partial charge in [-0.3, -0.25) is 9.59 Å². The highest BCUT2D eigenvalue weighted by Crippen LogP contribution is 2.44. The number of likely N-dealkylation sites (tertiary alicyclic amines) is 1. The largest absolute Gasteiger partial charge is 0.481 e. The van der Waals surface area contributed by atoms with E-state index in [4.69, 9.17) is 9.47 Å². The summed E-state index contributed by atoms with van der Waals surface area (Å²) in [4.78, 5) is 40.3. The molecule has 1 saturated heterocycles. The van der Waals surface area contributed by atoms with Gasteiger partial charge in [-0.05, 0) is 54.5 Å². The number of carboxylic acid groups (broad SMARTS) is 1. The summed E-state index contributed by atoms with van der Waals surface area (Å²) in [6.07, 6.45) is -0.342. The van der Waals surface area contributed by atoms with E-state index in [9.17, 15) is 19.5 Å². The van der Waals surface area contributed by atoms with Crippen molar-refractivity contribution in [1.82, 2.24) is 10.2 Å². The van der Waals surface area contributed by atoms with Gasteiger partial charge in [-0.15, -0.1) is 0 Å². The summed E-state index contributed by atoms with van der Waals surface area (Å²) in [5.41, 5.74) is 5.37. The lowest BCUT2D eigenvalue weighted by Crippen LogP contribution is -2.58. The van der Waals surface area contributed by atoms with Crippen molar-refractivity contribution in [1.29, 1.82) is 0 Å². The summed E-state index contributed by atoms with van der Waals surface area (Å²) < 4.78 is 11.8. The second-order valence-corrected chi connectivity index (χ2v) is 10.9. The molecule has 4 unspecified atom stereocenters. The van der Waals surface area contributed by atoms with Crippen molar-refractivity contribution in [2.75, 3.05) is 13.2 Å². The van der Waals surface area contributed by atoms with E-state index >= 15 is 0 Å². The minimum Gasteiger partial charge on any atom is -0.481 e. The quantitative estimate of drug-likeness (QED) is 0.375. The van der Waals surface area contributed by atoms with Gasteiger partial charge >= 0.3 is 12.1 Å². The number of piperidine rings is 1. The standard InChI is InChI=1S/C33H36N2O6/c1-21-16-17-24(32(37)38)18-35(21)31(36)30(22(2)40-19-23-10-4-3-5-11-23)34-33(39)41-20-29-27-14-8-6-12-25(27)26-13-7-9-15-28(26)29/h3-15,21-22,24,29-30H,16-20H2,1-2H3,(H,34,39)(H,37,38). The van der Waals surface area contributed by atoms with Gasteiger partial charge in [-0.2, -0.15) is 0 Å². The lowest BCUT2D eigenvalue weighted by molar-refractivity contribution is -0.149. The van der Waals surface area contributed by atoms with Crippen LogP contribution < -0.4 is 5.32 Å². The number of alkyl carbamates (subject to hydrolysis) is 1. The molecule has 0 aromatic heterocycles. The summed E-state index contributed by atoms with van der Waals surface area (Å²) in [6.45, 7) is 4.09. The number of fused-ring (bicyclic) bond motifs is 3. The number of nitrogens with zero attached hydrogens (tertiary/aromatic N) is 1. The molecule has 1 aliphatic heterocycles. The minimum absolute atomic E-state index is 0.0869. The molecule has 5 rings (SSSR count). The van der Waals surface area contributed by atoms with E-state index in [0.717, 1.165) is 27.8 Å². The first kappa shape index (κ1) is 28.4. The van der Waals surface area contributed by atoms with Gasteiger partial charge in [0.25, 0.3) is 0 Å². The summed E-state index contributed by atoms with van der Waals surface area (Å²) in [7, 11) is 0. The fraction of sp³-hybridized carbons (Fsp3) is 0.364. The first-order chi connectivity index (χ1) is 19.8. The molecule has 8 heteroatoms. The SMILES string of the molecule is CC(OCc1ccccc1)C(NC(=O)OCC1c2ccccc2-c2ccccc21)C(=O)N1CC(C(=O)O)CCC1C. The number of carbonyl (C=O) groups is 3. The zero-order valence-electron chi connectivity index (χ0n) is 23.4. The summed E-state index contributed by atoms with van der Waals surface area (Å²) in [6, 6.07) is 24.5. The summed E-state index contributed by atoms with van der Waals surface area (Å²) in [5.74, 6) is -2.07. The molecular weight excluding hydrogens is 520 g/mol. The first-order valence-electron chi connectivity index (χ1n) is 14.1. The van der Waals surface area contributed by atoms with Crippen LogP contribution in [0.4, 0.5) is 4.79 Å². The Balaban J connectivity index is 1.30. The predicted octanol–water partition coefficient (Wildman–Crippen LogP) is 5.21. The monoisotopic (exact) mass is 556 g/mol. The third kappa shape index (κ3) is 6.28. The van der Waals surface area contributed by atoms with Crippen molar-refractivity contribution in [2.24, 2.45) is 5.92 Å². The van der Waals surface area contributed by atoms with Crippen LogP contribution in [0.3, 0.4) is 0 Å². The van der Waals surface area contributed by atoms with E-state index in [1.807, 2.05) is 73.7 Å². The van der Waals surface area contributed by atoms with Crippen LogP contribution in [0.1, 0.15) is 49.3 Å². The lowest BCUT2D eigenvalue weighted by atomic mass is 9.92. The highest BCUT2D eigenvalue weighted by Gasteiger charge is 2.39. The Morgan fingerprint density at radius 2 is 1.54 bits per heavy atom. The molecule has 3 aromatic carbocycles. The molecule has 41 heavy (non-hydrogen) atoms. The number of hydrogen-bond donors (Lipinski definition) is 2. The number of carbonyl (C=O) groups excluding carboxylic acids is 2. The number of hydrogen-bond acceptors (Lipinski definition) is 5. The Hall–Kier alpha value is -4.17. The normalized spacial score (nSPS) is 19.5. The highest BCUT2D eigenvalue weighted by molar-refractivity contribution is 5.87. The third-order valence-electron chi connectivity index (χ3n) is 8.22. The smallest absolute Gasteiger partial charge is 0.407 e. The number of amides is 2. The minimum atomic E-state index is -1.05. The Labute approximate surface area is 240 Å². The molecule has 8 nitrogen and oxygen atoms in total. The molecule has 0 spiro atoms. The maximum Gasteiger partial charge on any atom is 0.407 e. The average molecular weight is 557 g/mol. The van der Waals surface area contributed by atoms with Crippen molar-refractivity contribution in [3.63, 3.8) is 0 Å². The van der Waals surface area contributed by atoms with Crippen LogP contribution in [0.25, 0.3) is 11.1 Å². The van der Waals surface area contributed by atoms with E-state index in [-0.39, 0.29) is 37.6 Å². The van der Waals surface area contributed by atoms with Gasteiger partial charge in [0.15, 0.2) is 0 Å². The molecule has 1 fully saturated rings. The maximum absolute atomic E-state index is 13.8. The van der Waals surface area contributed by atoms with Crippen molar-refractivity contribution in [2.45, 2.75) is 57.4 Å². The number of rotatable bonds is 9. The van der Waals surface area contributed by atoms with Crippen molar-refractivity contribution >= 4 is 18.0 Å². The van der Waals surface area contributed by atoms with Crippen molar-refractivity contribution in [3.05, 3.63) is 95.6 Å². The molecule has 2 aliphatic rings. The Morgan fingerprint density at radius 3 is 2.17 bits per heavy atom. The van der Waals surface area contributed by atoms with E-state index < -0.39 is 30.1 Å². The van der Waals surface area contributed by atoms with E-state index in [2.05, 4.69) is 17.4 Å². The van der Waals surface area contributed by atoms with Crippen LogP contribution >= 0.6 is 0 Å². The van der Waals surface area contributed by atoms with E-state index in [0.29, 0.717) is 12.8 Å². The molecular formula is C33H36N2O6. The molecule has 2 amide bonds. The molecule has 214 valence electrons. The van der Waals surface area contributed by atoms with Gasteiger partial charge in [0.1, 0.15) is 12.6 Å². The van der Waals surface area contributed by atoms with Crippen molar-refractivity contribution < 1.29 is 29.0 Å². The van der Waals surface area contributed by atoms with Crippen LogP contribution in [-0.2, 0) is 25.7 Å². The Kier molecular flexibility index (Phi) is 8.69. The molecule has 1 aliphatic carbocycles. The van der Waals surface area contributed by atoms with Crippen LogP contribution in [0.2, 0.25) is 0 Å². The zero-order chi connectivity index (χ0) is 28.9. The van der Waals surface area contributed by atoms with Crippen LogP contribution in [0.15, 0.2) is 78.9 Å². The van der Waals surface area contributed by atoms with Crippen LogP contribution in [-0.4, -0.2) is 59.3 Å². The van der Waals surface area contributed by atoms with Gasteiger partial charge in [0.2, 0.25) is 5.91 Å². The lowest BCUT2D eigenvalue weighted by Gasteiger charge is -2.39. The fourth-order valence-electron chi connectivity index (χ4n) is 5.84. The van der Waals surface area contributed by atoms with Gasteiger partial charge in [-0.1, -0.05) is 78.9 Å². The highest BCUT2D eigenvalue weighted by atomic mass is 16.5. The Morgan fingerprint density at radius 1 is 0.927 bits per heavy atom. The van der Waals surface area contributed by atoms with Crippen LogP contribution in [0, 0.1) is 5.92 Å². The molecule has 4 atom stereocenters. The number of carboxylic acids is 1. The first-order valence-corrected chi connectivity index (χ1v) is 14.1. The zero-order valence-corrected chi connectivity index (χ0v) is 23.4. The second-order valence-electron chi connectivity index (χ2n) is 10.9. The molecule has 0 saturated carbocycles. The maximum atomic E-state index is 13.8. The summed E-state index contributed by atoms with van der Waals surface area (Å²) in [5, 5.41) is 12.4. The predicted molar refractivity (Wildman–Crippen MR) is 154 cm³/mol. The topological polar surface area (TPSA) is 105 Å². The molecule has 3 aromatic rings. The number of benzene rings is 3. The molecule has 2 N–H and O–H groups in total. The Bertz CT molecular complexity index is 1350. The van der Waals surface area contributed by atoms with Gasteiger partial charge in [0.05, 0.1) is 18.6 Å².